The Bertz CT molecular complexity index is 640. The van der Waals surface area contributed by atoms with Crippen molar-refractivity contribution in [2.75, 3.05) is 17.2 Å². The first-order valence-corrected chi connectivity index (χ1v) is 7.68. The van der Waals surface area contributed by atoms with Gasteiger partial charge in [0, 0.05) is 16.3 Å². The summed E-state index contributed by atoms with van der Waals surface area (Å²) in [6, 6.07) is 9.43. The maximum absolute atomic E-state index is 11.4. The summed E-state index contributed by atoms with van der Waals surface area (Å²) in [7, 11) is 0. The van der Waals surface area contributed by atoms with E-state index >= 15 is 0 Å². The van der Waals surface area contributed by atoms with Crippen molar-refractivity contribution in [3.8, 4) is 0 Å². The molecular weight excluding hydrogens is 286 g/mol. The monoisotopic (exact) mass is 305 g/mol. The zero-order valence-electron chi connectivity index (χ0n) is 12.3. The van der Waals surface area contributed by atoms with Crippen LogP contribution in [0.15, 0.2) is 30.3 Å². The summed E-state index contributed by atoms with van der Waals surface area (Å²) in [5, 5.41) is 17.7. The first-order chi connectivity index (χ1) is 10.0. The molecule has 0 saturated carbocycles. The number of thiophene rings is 1. The van der Waals surface area contributed by atoms with Crippen LogP contribution in [0, 0.1) is 17.0 Å². The lowest BCUT2D eigenvalue weighted by Crippen LogP contribution is -2.09. The highest BCUT2D eigenvalue weighted by atomic mass is 32.1. The number of nitrogens with zero attached hydrogens (tertiary/aromatic N) is 1. The normalized spacial score (nSPS) is 12.0. The smallest absolute Gasteiger partial charge is 0.315 e. The first-order valence-electron chi connectivity index (χ1n) is 6.87. The Morgan fingerprint density at radius 3 is 2.57 bits per heavy atom. The maximum atomic E-state index is 11.4. The Morgan fingerprint density at radius 2 is 2.00 bits per heavy atom. The number of hydrogen-bond donors (Lipinski definition) is 2. The molecule has 1 atom stereocenters. The molecule has 2 rings (SSSR count). The molecule has 1 aromatic heterocycles. The highest BCUT2D eigenvalue weighted by Crippen LogP contribution is 2.35. The molecule has 6 heteroatoms. The number of aryl methyl sites for hydroxylation is 1. The highest BCUT2D eigenvalue weighted by molar-refractivity contribution is 7.12. The van der Waals surface area contributed by atoms with Crippen LogP contribution in [0.25, 0.3) is 0 Å². The maximum Gasteiger partial charge on any atom is 0.315 e. The number of para-hydroxylation sites is 1. The van der Waals surface area contributed by atoms with E-state index in [-0.39, 0.29) is 16.7 Å². The number of rotatable bonds is 6. The molecule has 1 heterocycles. The lowest BCUT2D eigenvalue weighted by atomic mass is 10.2. The van der Waals surface area contributed by atoms with Gasteiger partial charge in [-0.05, 0) is 45.0 Å². The zero-order valence-corrected chi connectivity index (χ0v) is 13.2. The number of anilines is 2. The summed E-state index contributed by atoms with van der Waals surface area (Å²) in [4.78, 5) is 13.4. The van der Waals surface area contributed by atoms with Crippen molar-refractivity contribution in [3.63, 3.8) is 0 Å². The van der Waals surface area contributed by atoms with Gasteiger partial charge in [0.1, 0.15) is 11.4 Å². The zero-order chi connectivity index (χ0) is 15.4. The van der Waals surface area contributed by atoms with E-state index in [0.29, 0.717) is 17.9 Å². The summed E-state index contributed by atoms with van der Waals surface area (Å²) in [5.41, 5.74) is 1.18. The fourth-order valence-electron chi connectivity index (χ4n) is 2.18. The molecule has 2 aromatic rings. The van der Waals surface area contributed by atoms with Gasteiger partial charge in [0.05, 0.1) is 11.0 Å². The van der Waals surface area contributed by atoms with Crippen molar-refractivity contribution in [2.45, 2.75) is 26.8 Å². The number of nitrogens with one attached hydrogen (secondary N) is 2. The lowest BCUT2D eigenvalue weighted by Gasteiger charge is -2.15. The van der Waals surface area contributed by atoms with Gasteiger partial charge >= 0.3 is 5.69 Å². The van der Waals surface area contributed by atoms with E-state index in [1.807, 2.05) is 19.9 Å². The summed E-state index contributed by atoms with van der Waals surface area (Å²) < 4.78 is 0. The molecular formula is C15H19N3O2S. The van der Waals surface area contributed by atoms with Crippen LogP contribution < -0.4 is 10.6 Å². The van der Waals surface area contributed by atoms with E-state index in [1.54, 1.807) is 23.5 Å². The molecule has 5 nitrogen and oxygen atoms in total. The molecule has 0 aliphatic carbocycles. The third-order valence-corrected chi connectivity index (χ3v) is 4.33. The van der Waals surface area contributed by atoms with Crippen LogP contribution >= 0.6 is 11.3 Å². The van der Waals surface area contributed by atoms with Crippen LogP contribution in [0.1, 0.15) is 29.6 Å². The minimum Gasteiger partial charge on any atom is -0.380 e. The molecule has 0 aliphatic rings. The van der Waals surface area contributed by atoms with Gasteiger partial charge in [0.15, 0.2) is 0 Å². The van der Waals surface area contributed by atoms with E-state index in [0.717, 1.165) is 4.88 Å². The fourth-order valence-corrected chi connectivity index (χ4v) is 3.06. The molecule has 21 heavy (non-hydrogen) atoms. The minimum absolute atomic E-state index is 0.0271. The molecule has 112 valence electrons. The number of benzene rings is 1. The first kappa shape index (κ1) is 15.3. The summed E-state index contributed by atoms with van der Waals surface area (Å²) in [5.74, 6) is 0. The summed E-state index contributed by atoms with van der Waals surface area (Å²) >= 11 is 1.70. The predicted molar refractivity (Wildman–Crippen MR) is 88.4 cm³/mol. The van der Waals surface area contributed by atoms with Crippen molar-refractivity contribution < 1.29 is 4.92 Å². The molecule has 0 bridgehead atoms. The van der Waals surface area contributed by atoms with E-state index < -0.39 is 0 Å². The van der Waals surface area contributed by atoms with Gasteiger partial charge in [-0.25, -0.2) is 0 Å². The highest BCUT2D eigenvalue weighted by Gasteiger charge is 2.21. The molecule has 0 spiro atoms. The van der Waals surface area contributed by atoms with E-state index in [9.17, 15) is 10.1 Å². The van der Waals surface area contributed by atoms with E-state index in [4.69, 9.17) is 0 Å². The van der Waals surface area contributed by atoms with Gasteiger partial charge in [-0.15, -0.1) is 11.3 Å². The van der Waals surface area contributed by atoms with Gasteiger partial charge < -0.3 is 10.6 Å². The van der Waals surface area contributed by atoms with Crippen molar-refractivity contribution >= 4 is 28.4 Å². The fraction of sp³-hybridized carbons (Fsp3) is 0.333. The van der Waals surface area contributed by atoms with Crippen molar-refractivity contribution in [1.82, 2.24) is 0 Å². The van der Waals surface area contributed by atoms with Crippen LogP contribution in [-0.2, 0) is 0 Å². The topological polar surface area (TPSA) is 67.2 Å². The van der Waals surface area contributed by atoms with Crippen LogP contribution in [0.5, 0.6) is 0 Å². The molecule has 0 fully saturated rings. The second-order valence-corrected chi connectivity index (χ2v) is 6.12. The van der Waals surface area contributed by atoms with Crippen LogP contribution in [-0.4, -0.2) is 11.5 Å². The van der Waals surface area contributed by atoms with Gasteiger partial charge in [0.2, 0.25) is 0 Å². The second-order valence-electron chi connectivity index (χ2n) is 4.80. The van der Waals surface area contributed by atoms with Crippen molar-refractivity contribution in [2.24, 2.45) is 0 Å². The molecule has 0 amide bonds. The quantitative estimate of drug-likeness (QED) is 0.606. The van der Waals surface area contributed by atoms with Crippen LogP contribution in [0.2, 0.25) is 0 Å². The Labute approximate surface area is 128 Å². The third kappa shape index (κ3) is 3.52. The minimum atomic E-state index is -0.341. The number of nitro groups is 1. The Morgan fingerprint density at radius 1 is 1.29 bits per heavy atom. The molecule has 0 radical (unpaired) electrons. The standard InChI is InChI=1S/C15H19N3O2S/c1-4-16-12-6-5-7-13(15(12)18(19)20)17-11(3)14-9-8-10(2)21-14/h5-9,11,16-17H,4H2,1-3H3. The van der Waals surface area contributed by atoms with E-state index in [1.165, 1.54) is 4.88 Å². The van der Waals surface area contributed by atoms with Gasteiger partial charge in [0.25, 0.3) is 0 Å². The van der Waals surface area contributed by atoms with Crippen LogP contribution in [0.3, 0.4) is 0 Å². The molecule has 1 aromatic carbocycles. The van der Waals surface area contributed by atoms with Gasteiger partial charge in [-0.1, -0.05) is 6.07 Å². The SMILES string of the molecule is CCNc1cccc(NC(C)c2ccc(C)s2)c1[N+](=O)[O-]. The molecule has 0 aliphatic heterocycles. The number of nitro benzene ring substituents is 1. The molecule has 1 unspecified atom stereocenters. The Hall–Kier alpha value is -2.08. The molecule has 2 N–H and O–H groups in total. The van der Waals surface area contributed by atoms with E-state index in [2.05, 4.69) is 29.7 Å². The Kier molecular flexibility index (Phi) is 4.80. The lowest BCUT2D eigenvalue weighted by molar-refractivity contribution is -0.383. The summed E-state index contributed by atoms with van der Waals surface area (Å²) in [6.45, 7) is 6.62. The predicted octanol–water partition coefficient (Wildman–Crippen LogP) is 4.57. The molecule has 0 saturated heterocycles. The Balaban J connectivity index is 2.30. The second kappa shape index (κ2) is 6.58. The summed E-state index contributed by atoms with van der Waals surface area (Å²) in [6.07, 6.45) is 0. The van der Waals surface area contributed by atoms with Crippen molar-refractivity contribution in [3.05, 3.63) is 50.2 Å². The number of hydrogen-bond acceptors (Lipinski definition) is 5. The van der Waals surface area contributed by atoms with Crippen LogP contribution in [0.4, 0.5) is 17.1 Å². The average Bonchev–Trinajstić information content (AvgIpc) is 2.86. The van der Waals surface area contributed by atoms with Gasteiger partial charge in [-0.3, -0.25) is 10.1 Å². The van der Waals surface area contributed by atoms with Gasteiger partial charge in [-0.2, -0.15) is 0 Å². The van der Waals surface area contributed by atoms with Crippen molar-refractivity contribution in [1.29, 1.82) is 0 Å². The third-order valence-electron chi connectivity index (χ3n) is 3.15. The average molecular weight is 305 g/mol. The largest absolute Gasteiger partial charge is 0.380 e.